The molecule has 1 aromatic carbocycles. The summed E-state index contributed by atoms with van der Waals surface area (Å²) in [6.45, 7) is 3.60. The number of aliphatic hydroxyl groups excluding tert-OH is 1. The quantitative estimate of drug-likeness (QED) is 0.639. The predicted molar refractivity (Wildman–Crippen MR) is 81.3 cm³/mol. The van der Waals surface area contributed by atoms with E-state index in [0.29, 0.717) is 12.6 Å². The molecule has 0 aromatic heterocycles. The lowest BCUT2D eigenvalue weighted by atomic mass is 10.0. The molecule has 1 atom stereocenters. The number of benzene rings is 1. The van der Waals surface area contributed by atoms with Gasteiger partial charge in [0.05, 0.1) is 0 Å². The van der Waals surface area contributed by atoms with Crippen molar-refractivity contribution in [3.63, 3.8) is 0 Å². The van der Waals surface area contributed by atoms with Crippen LogP contribution in [-0.2, 0) is 6.42 Å². The normalized spacial score (nSPS) is 12.6. The van der Waals surface area contributed by atoms with Crippen molar-refractivity contribution in [3.05, 3.63) is 35.9 Å². The molecule has 2 N–H and O–H groups in total. The van der Waals surface area contributed by atoms with Gasteiger partial charge in [-0.15, -0.1) is 0 Å². The number of hydrogen-bond donors (Lipinski definition) is 2. The third-order valence-corrected chi connectivity index (χ3v) is 4.01. The molecular weight excluding hydrogens is 242 g/mol. The summed E-state index contributed by atoms with van der Waals surface area (Å²) in [6, 6.07) is 11.2. The largest absolute Gasteiger partial charge is 0.396 e. The topological polar surface area (TPSA) is 32.3 Å². The molecule has 3 heteroatoms. The standard InChI is InChI=1S/C15H25NOS/c1-2-15(13-14-7-4-3-5-8-14)16-9-12-18-11-6-10-17/h3-5,7-8,15-17H,2,6,9-13H2,1H3. The van der Waals surface area contributed by atoms with E-state index in [1.54, 1.807) is 0 Å². The first-order valence-corrected chi connectivity index (χ1v) is 7.98. The van der Waals surface area contributed by atoms with Gasteiger partial charge in [0.25, 0.3) is 0 Å². The van der Waals surface area contributed by atoms with Crippen molar-refractivity contribution in [2.75, 3.05) is 24.7 Å². The Labute approximate surface area is 115 Å². The van der Waals surface area contributed by atoms with Gasteiger partial charge < -0.3 is 10.4 Å². The lowest BCUT2D eigenvalue weighted by Gasteiger charge is -2.16. The van der Waals surface area contributed by atoms with E-state index >= 15 is 0 Å². The Morgan fingerprint density at radius 1 is 1.22 bits per heavy atom. The molecule has 18 heavy (non-hydrogen) atoms. The van der Waals surface area contributed by atoms with E-state index in [1.165, 1.54) is 5.56 Å². The lowest BCUT2D eigenvalue weighted by molar-refractivity contribution is 0.296. The molecule has 0 bridgehead atoms. The van der Waals surface area contributed by atoms with Crippen LogP contribution in [-0.4, -0.2) is 35.8 Å². The van der Waals surface area contributed by atoms with Crippen molar-refractivity contribution >= 4 is 11.8 Å². The van der Waals surface area contributed by atoms with Crippen LogP contribution in [0.15, 0.2) is 30.3 Å². The van der Waals surface area contributed by atoms with Crippen molar-refractivity contribution in [2.45, 2.75) is 32.2 Å². The highest BCUT2D eigenvalue weighted by molar-refractivity contribution is 7.99. The minimum atomic E-state index is 0.312. The number of thioether (sulfide) groups is 1. The summed E-state index contributed by atoms with van der Waals surface area (Å²) < 4.78 is 0. The van der Waals surface area contributed by atoms with Crippen LogP contribution in [0.3, 0.4) is 0 Å². The molecule has 1 rings (SSSR count). The first kappa shape index (κ1) is 15.5. The fraction of sp³-hybridized carbons (Fsp3) is 0.600. The Kier molecular flexibility index (Phi) is 9.00. The summed E-state index contributed by atoms with van der Waals surface area (Å²) in [4.78, 5) is 0. The van der Waals surface area contributed by atoms with Crippen LogP contribution in [0.5, 0.6) is 0 Å². The number of rotatable bonds is 10. The molecule has 0 aliphatic rings. The molecule has 1 unspecified atom stereocenters. The highest BCUT2D eigenvalue weighted by Gasteiger charge is 2.05. The van der Waals surface area contributed by atoms with Gasteiger partial charge in [0.1, 0.15) is 0 Å². The Hall–Kier alpha value is -0.510. The Bertz CT molecular complexity index is 292. The van der Waals surface area contributed by atoms with Gasteiger partial charge in [0.2, 0.25) is 0 Å². The number of hydrogen-bond acceptors (Lipinski definition) is 3. The van der Waals surface area contributed by atoms with E-state index in [1.807, 2.05) is 11.8 Å². The van der Waals surface area contributed by atoms with Gasteiger partial charge >= 0.3 is 0 Å². The van der Waals surface area contributed by atoms with Crippen LogP contribution in [0.4, 0.5) is 0 Å². The summed E-state index contributed by atoms with van der Waals surface area (Å²) in [5, 5.41) is 12.3. The maximum Gasteiger partial charge on any atom is 0.0438 e. The van der Waals surface area contributed by atoms with E-state index in [-0.39, 0.29) is 0 Å². The molecule has 0 heterocycles. The summed E-state index contributed by atoms with van der Waals surface area (Å²) >= 11 is 1.91. The second-order valence-corrected chi connectivity index (χ2v) is 5.66. The summed E-state index contributed by atoms with van der Waals surface area (Å²) in [5.74, 6) is 2.19. The van der Waals surface area contributed by atoms with Gasteiger partial charge in [-0.05, 0) is 30.6 Å². The van der Waals surface area contributed by atoms with Crippen molar-refractivity contribution < 1.29 is 5.11 Å². The van der Waals surface area contributed by atoms with Gasteiger partial charge in [-0.2, -0.15) is 11.8 Å². The second-order valence-electron chi connectivity index (χ2n) is 4.44. The summed E-state index contributed by atoms with van der Waals surface area (Å²) in [7, 11) is 0. The number of aliphatic hydroxyl groups is 1. The molecule has 0 fully saturated rings. The third kappa shape index (κ3) is 7.04. The maximum absolute atomic E-state index is 8.68. The van der Waals surface area contributed by atoms with Crippen molar-refractivity contribution in [1.82, 2.24) is 5.32 Å². The molecule has 0 aliphatic heterocycles. The van der Waals surface area contributed by atoms with E-state index in [9.17, 15) is 0 Å². The zero-order chi connectivity index (χ0) is 13.1. The van der Waals surface area contributed by atoms with Crippen LogP contribution < -0.4 is 5.32 Å². The fourth-order valence-electron chi connectivity index (χ4n) is 1.86. The van der Waals surface area contributed by atoms with Crippen molar-refractivity contribution in [2.24, 2.45) is 0 Å². The molecule has 0 saturated carbocycles. The summed E-state index contributed by atoms with van der Waals surface area (Å²) in [6.07, 6.45) is 3.18. The highest BCUT2D eigenvalue weighted by Crippen LogP contribution is 2.06. The first-order valence-electron chi connectivity index (χ1n) is 6.82. The van der Waals surface area contributed by atoms with Gasteiger partial charge in [-0.3, -0.25) is 0 Å². The lowest BCUT2D eigenvalue weighted by Crippen LogP contribution is -2.32. The third-order valence-electron chi connectivity index (χ3n) is 2.94. The predicted octanol–water partition coefficient (Wildman–Crippen LogP) is 2.71. The molecule has 0 radical (unpaired) electrons. The fourth-order valence-corrected chi connectivity index (χ4v) is 2.66. The van der Waals surface area contributed by atoms with Crippen LogP contribution in [0.1, 0.15) is 25.3 Å². The Morgan fingerprint density at radius 2 is 2.00 bits per heavy atom. The van der Waals surface area contributed by atoms with Gasteiger partial charge in [-0.1, -0.05) is 37.3 Å². The van der Waals surface area contributed by atoms with Crippen LogP contribution >= 0.6 is 11.8 Å². The Morgan fingerprint density at radius 3 is 2.67 bits per heavy atom. The van der Waals surface area contributed by atoms with Crippen LogP contribution in [0.2, 0.25) is 0 Å². The Balaban J connectivity index is 2.14. The molecule has 0 saturated heterocycles. The molecular formula is C15H25NOS. The maximum atomic E-state index is 8.68. The molecule has 1 aromatic rings. The van der Waals surface area contributed by atoms with Crippen molar-refractivity contribution in [3.8, 4) is 0 Å². The van der Waals surface area contributed by atoms with Gasteiger partial charge in [-0.25, -0.2) is 0 Å². The average molecular weight is 267 g/mol. The average Bonchev–Trinajstić information content (AvgIpc) is 2.42. The van der Waals surface area contributed by atoms with Gasteiger partial charge in [0.15, 0.2) is 0 Å². The van der Waals surface area contributed by atoms with Crippen LogP contribution in [0.25, 0.3) is 0 Å². The smallest absolute Gasteiger partial charge is 0.0438 e. The van der Waals surface area contributed by atoms with Gasteiger partial charge in [0, 0.05) is 24.9 Å². The van der Waals surface area contributed by atoms with E-state index < -0.39 is 0 Å². The molecule has 0 aliphatic carbocycles. The molecule has 0 amide bonds. The van der Waals surface area contributed by atoms with E-state index in [4.69, 9.17) is 5.11 Å². The number of nitrogens with one attached hydrogen (secondary N) is 1. The van der Waals surface area contributed by atoms with E-state index in [2.05, 4.69) is 42.6 Å². The monoisotopic (exact) mass is 267 g/mol. The molecule has 0 spiro atoms. The minimum absolute atomic E-state index is 0.312. The highest BCUT2D eigenvalue weighted by atomic mass is 32.2. The molecule has 2 nitrogen and oxygen atoms in total. The van der Waals surface area contributed by atoms with E-state index in [0.717, 1.165) is 37.3 Å². The second kappa shape index (κ2) is 10.4. The first-order chi connectivity index (χ1) is 8.86. The minimum Gasteiger partial charge on any atom is -0.396 e. The SMILES string of the molecule is CCC(Cc1ccccc1)NCCSCCCO. The molecule has 102 valence electrons. The van der Waals surface area contributed by atoms with Crippen molar-refractivity contribution in [1.29, 1.82) is 0 Å². The zero-order valence-electron chi connectivity index (χ0n) is 11.3. The summed E-state index contributed by atoms with van der Waals surface area (Å²) in [5.41, 5.74) is 1.41. The zero-order valence-corrected chi connectivity index (χ0v) is 12.1. The van der Waals surface area contributed by atoms with Crippen LogP contribution in [0, 0.1) is 0 Å².